The number of amides is 1. The first-order chi connectivity index (χ1) is 12.0. The third-order valence-electron chi connectivity index (χ3n) is 3.51. The van der Waals surface area contributed by atoms with Crippen molar-refractivity contribution in [1.82, 2.24) is 9.66 Å². The smallest absolute Gasteiger partial charge is 0.273 e. The van der Waals surface area contributed by atoms with E-state index in [-0.39, 0.29) is 22.5 Å². The fraction of sp³-hybridized carbons (Fsp3) is 0.118. The largest absolute Gasteiger partial charge is 0.284 e. The first kappa shape index (κ1) is 17.1. The van der Waals surface area contributed by atoms with Gasteiger partial charge in [0.1, 0.15) is 17.0 Å². The van der Waals surface area contributed by atoms with E-state index in [9.17, 15) is 18.4 Å². The summed E-state index contributed by atoms with van der Waals surface area (Å²) in [5.74, 6) is -1.61. The Morgan fingerprint density at radius 2 is 1.92 bits per heavy atom. The molecule has 1 aromatic heterocycles. The zero-order valence-corrected chi connectivity index (χ0v) is 13.9. The van der Waals surface area contributed by atoms with Crippen LogP contribution in [0.25, 0.3) is 10.9 Å². The van der Waals surface area contributed by atoms with Crippen molar-refractivity contribution in [3.05, 3.63) is 70.0 Å². The summed E-state index contributed by atoms with van der Waals surface area (Å²) in [7, 11) is 0. The average Bonchev–Trinajstić information content (AvgIpc) is 2.59. The van der Waals surface area contributed by atoms with Gasteiger partial charge in [0, 0.05) is 0 Å². The summed E-state index contributed by atoms with van der Waals surface area (Å²) in [5.41, 5.74) is 2.54. The van der Waals surface area contributed by atoms with Gasteiger partial charge in [-0.1, -0.05) is 30.0 Å². The predicted molar refractivity (Wildman–Crippen MR) is 92.2 cm³/mol. The number of fused-ring (bicyclic) bond motifs is 1. The number of nitrogens with one attached hydrogen (secondary N) is 1. The number of benzene rings is 2. The van der Waals surface area contributed by atoms with Crippen molar-refractivity contribution in [3.63, 3.8) is 0 Å². The first-order valence-corrected chi connectivity index (χ1v) is 8.51. The van der Waals surface area contributed by atoms with Gasteiger partial charge in [0.2, 0.25) is 5.91 Å². The third kappa shape index (κ3) is 3.53. The number of rotatable bonds is 4. The van der Waals surface area contributed by atoms with Crippen LogP contribution in [0.2, 0.25) is 0 Å². The lowest BCUT2D eigenvalue weighted by molar-refractivity contribution is -0.116. The van der Waals surface area contributed by atoms with E-state index in [4.69, 9.17) is 0 Å². The molecule has 8 heteroatoms. The van der Waals surface area contributed by atoms with E-state index in [1.807, 2.05) is 0 Å². The molecule has 0 aliphatic heterocycles. The molecule has 3 rings (SSSR count). The Kier molecular flexibility index (Phi) is 4.80. The van der Waals surface area contributed by atoms with Crippen LogP contribution in [0.5, 0.6) is 0 Å². The highest BCUT2D eigenvalue weighted by molar-refractivity contribution is 7.98. The van der Waals surface area contributed by atoms with Gasteiger partial charge in [-0.15, -0.1) is 0 Å². The molecule has 1 amide bonds. The fourth-order valence-corrected chi connectivity index (χ4v) is 2.86. The van der Waals surface area contributed by atoms with Crippen LogP contribution in [0.15, 0.2) is 52.4 Å². The minimum atomic E-state index is -0.704. The Hall–Kier alpha value is -2.74. The van der Waals surface area contributed by atoms with E-state index in [0.29, 0.717) is 5.56 Å². The molecule has 0 aliphatic rings. The van der Waals surface area contributed by atoms with Gasteiger partial charge in [-0.2, -0.15) is 4.68 Å². The molecule has 25 heavy (non-hydrogen) atoms. The molecule has 0 fully saturated rings. The van der Waals surface area contributed by atoms with Crippen LogP contribution in [0.3, 0.4) is 0 Å². The Labute approximate surface area is 145 Å². The van der Waals surface area contributed by atoms with Gasteiger partial charge in [0.25, 0.3) is 5.56 Å². The van der Waals surface area contributed by atoms with Gasteiger partial charge >= 0.3 is 0 Å². The monoisotopic (exact) mass is 361 g/mol. The van der Waals surface area contributed by atoms with E-state index in [0.717, 1.165) is 22.5 Å². The van der Waals surface area contributed by atoms with Crippen LogP contribution in [0.4, 0.5) is 8.78 Å². The minimum absolute atomic E-state index is 0.0597. The van der Waals surface area contributed by atoms with Crippen molar-refractivity contribution in [2.24, 2.45) is 0 Å². The third-order valence-corrected chi connectivity index (χ3v) is 4.15. The van der Waals surface area contributed by atoms with Crippen LogP contribution in [0.1, 0.15) is 5.56 Å². The molecule has 0 aliphatic carbocycles. The van der Waals surface area contributed by atoms with Crippen LogP contribution < -0.4 is 11.0 Å². The molecule has 0 saturated heterocycles. The first-order valence-electron chi connectivity index (χ1n) is 7.29. The SMILES string of the molecule is CSc1nc2cccc(F)c2c(=O)n1NC(=O)Cc1ccc(F)cc1. The van der Waals surface area contributed by atoms with Gasteiger partial charge in [-0.05, 0) is 36.1 Å². The summed E-state index contributed by atoms with van der Waals surface area (Å²) in [6.07, 6.45) is 1.63. The lowest BCUT2D eigenvalue weighted by Crippen LogP contribution is -2.36. The van der Waals surface area contributed by atoms with Crippen LogP contribution >= 0.6 is 11.8 Å². The second kappa shape index (κ2) is 7.02. The van der Waals surface area contributed by atoms with E-state index in [1.54, 1.807) is 6.26 Å². The fourth-order valence-electron chi connectivity index (χ4n) is 2.36. The molecular formula is C17H13F2N3O2S. The summed E-state index contributed by atoms with van der Waals surface area (Å²) in [6, 6.07) is 9.60. The topological polar surface area (TPSA) is 64.0 Å². The molecule has 0 radical (unpaired) electrons. The highest BCUT2D eigenvalue weighted by Crippen LogP contribution is 2.16. The number of carbonyl (C=O) groups is 1. The predicted octanol–water partition coefficient (Wildman–Crippen LogP) is 2.71. The second-order valence-corrected chi connectivity index (χ2v) is 5.98. The Morgan fingerprint density at radius 1 is 1.20 bits per heavy atom. The zero-order valence-electron chi connectivity index (χ0n) is 13.1. The van der Waals surface area contributed by atoms with E-state index in [2.05, 4.69) is 10.4 Å². The second-order valence-electron chi connectivity index (χ2n) is 5.21. The van der Waals surface area contributed by atoms with Gasteiger partial charge < -0.3 is 0 Å². The van der Waals surface area contributed by atoms with Gasteiger partial charge in [0.15, 0.2) is 5.16 Å². The van der Waals surface area contributed by atoms with Crippen molar-refractivity contribution in [3.8, 4) is 0 Å². The number of hydrogen-bond acceptors (Lipinski definition) is 4. The average molecular weight is 361 g/mol. The zero-order chi connectivity index (χ0) is 18.0. The van der Waals surface area contributed by atoms with E-state index < -0.39 is 23.1 Å². The number of aromatic nitrogens is 2. The normalized spacial score (nSPS) is 10.8. The van der Waals surface area contributed by atoms with Crippen LogP contribution in [-0.4, -0.2) is 21.8 Å². The van der Waals surface area contributed by atoms with Crippen molar-refractivity contribution in [1.29, 1.82) is 0 Å². The molecule has 0 spiro atoms. The summed E-state index contributed by atoms with van der Waals surface area (Å²) in [5, 5.41) is 0.0398. The standard InChI is InChI=1S/C17H13F2N3O2S/c1-25-17-20-13-4-2-3-12(19)15(13)16(24)22(17)21-14(23)9-10-5-7-11(18)8-6-10/h2-8H,9H2,1H3,(H,21,23). The number of nitrogens with zero attached hydrogens (tertiary/aromatic N) is 2. The molecular weight excluding hydrogens is 348 g/mol. The molecule has 128 valence electrons. The van der Waals surface area contributed by atoms with Gasteiger partial charge in [-0.25, -0.2) is 13.8 Å². The molecule has 2 aromatic carbocycles. The van der Waals surface area contributed by atoms with Crippen molar-refractivity contribution >= 4 is 28.6 Å². The van der Waals surface area contributed by atoms with E-state index >= 15 is 0 Å². The molecule has 1 heterocycles. The molecule has 1 N–H and O–H groups in total. The summed E-state index contributed by atoms with van der Waals surface area (Å²) < 4.78 is 27.8. The van der Waals surface area contributed by atoms with Gasteiger partial charge in [-0.3, -0.25) is 15.0 Å². The molecule has 5 nitrogen and oxygen atoms in total. The Morgan fingerprint density at radius 3 is 2.60 bits per heavy atom. The number of carbonyl (C=O) groups excluding carboxylic acids is 1. The molecule has 0 unspecified atom stereocenters. The molecule has 0 saturated carbocycles. The minimum Gasteiger partial charge on any atom is -0.273 e. The summed E-state index contributed by atoms with van der Waals surface area (Å²) >= 11 is 1.15. The van der Waals surface area contributed by atoms with Gasteiger partial charge in [0.05, 0.1) is 11.9 Å². The van der Waals surface area contributed by atoms with Crippen LogP contribution in [0, 0.1) is 11.6 Å². The Bertz CT molecular complexity index is 1000. The molecule has 0 atom stereocenters. The molecule has 3 aromatic rings. The van der Waals surface area contributed by atoms with Crippen molar-refractivity contribution in [2.45, 2.75) is 11.6 Å². The number of hydrogen-bond donors (Lipinski definition) is 1. The lowest BCUT2D eigenvalue weighted by Gasteiger charge is -2.13. The highest BCUT2D eigenvalue weighted by atomic mass is 32.2. The maximum Gasteiger partial charge on any atom is 0.284 e. The summed E-state index contributed by atoms with van der Waals surface area (Å²) in [6.45, 7) is 0. The molecule has 0 bridgehead atoms. The number of halogens is 2. The van der Waals surface area contributed by atoms with Crippen LogP contribution in [-0.2, 0) is 11.2 Å². The maximum atomic E-state index is 14.0. The van der Waals surface area contributed by atoms with Crippen molar-refractivity contribution in [2.75, 3.05) is 11.7 Å². The number of thioether (sulfide) groups is 1. The Balaban J connectivity index is 1.96. The lowest BCUT2D eigenvalue weighted by atomic mass is 10.1. The van der Waals surface area contributed by atoms with Crippen molar-refractivity contribution < 1.29 is 13.6 Å². The highest BCUT2D eigenvalue weighted by Gasteiger charge is 2.15. The summed E-state index contributed by atoms with van der Waals surface area (Å²) in [4.78, 5) is 29.0. The maximum absolute atomic E-state index is 14.0. The van der Waals surface area contributed by atoms with E-state index in [1.165, 1.54) is 36.4 Å². The quantitative estimate of drug-likeness (QED) is 0.573.